The largest absolute Gasteiger partial charge is 0.297 e. The van der Waals surface area contributed by atoms with Crippen molar-refractivity contribution in [1.82, 2.24) is 10.2 Å². The predicted molar refractivity (Wildman–Crippen MR) is 89.6 cm³/mol. The zero-order chi connectivity index (χ0) is 15.1. The van der Waals surface area contributed by atoms with Gasteiger partial charge in [0.2, 0.25) is 11.0 Å². The Morgan fingerprint density at radius 3 is 2.81 bits per heavy atom. The smallest absolute Gasteiger partial charge is 0.250 e. The minimum Gasteiger partial charge on any atom is -0.297 e. The molecule has 1 aromatic carbocycles. The summed E-state index contributed by atoms with van der Waals surface area (Å²) in [4.78, 5) is 11.8. The van der Waals surface area contributed by atoms with Crippen LogP contribution in [-0.4, -0.2) is 21.9 Å². The summed E-state index contributed by atoms with van der Waals surface area (Å²) >= 11 is 3.06. The normalized spacial score (nSPS) is 11.2. The zero-order valence-electron chi connectivity index (χ0n) is 11.9. The molecule has 1 aromatic heterocycles. The molecule has 0 unspecified atom stereocenters. The second kappa shape index (κ2) is 7.95. The van der Waals surface area contributed by atoms with Gasteiger partial charge < -0.3 is 0 Å². The molecule has 0 atom stereocenters. The van der Waals surface area contributed by atoms with E-state index in [2.05, 4.69) is 29.4 Å². The monoisotopic (exact) mass is 319 g/mol. The molecule has 1 N–H and O–H groups in total. The van der Waals surface area contributed by atoms with Gasteiger partial charge in [-0.1, -0.05) is 67.3 Å². The molecule has 0 fully saturated rings. The fourth-order valence-electron chi connectivity index (χ4n) is 1.44. The Bertz CT molecular complexity index is 608. The first-order chi connectivity index (χ1) is 10.1. The van der Waals surface area contributed by atoms with Gasteiger partial charge in [-0.15, -0.1) is 10.2 Å². The summed E-state index contributed by atoms with van der Waals surface area (Å²) in [7, 11) is 0. The van der Waals surface area contributed by atoms with Crippen LogP contribution in [0.5, 0.6) is 0 Å². The Labute approximate surface area is 132 Å². The van der Waals surface area contributed by atoms with E-state index in [0.717, 1.165) is 15.7 Å². The molecule has 2 aromatic rings. The molecule has 21 heavy (non-hydrogen) atoms. The minimum absolute atomic E-state index is 0.199. The maximum atomic E-state index is 11.8. The van der Waals surface area contributed by atoms with E-state index in [0.29, 0.717) is 11.0 Å². The van der Waals surface area contributed by atoms with Crippen molar-refractivity contribution in [3.8, 4) is 0 Å². The van der Waals surface area contributed by atoms with E-state index in [1.54, 1.807) is 17.8 Å². The van der Waals surface area contributed by atoms with Gasteiger partial charge >= 0.3 is 0 Å². The van der Waals surface area contributed by atoms with E-state index in [4.69, 9.17) is 0 Å². The molecular formula is C15H17N3OS2. The van der Waals surface area contributed by atoms with E-state index in [9.17, 15) is 4.79 Å². The lowest BCUT2D eigenvalue weighted by Gasteiger charge is -1.99. The number of hydrogen-bond donors (Lipinski definition) is 1. The van der Waals surface area contributed by atoms with Crippen LogP contribution in [0, 0.1) is 5.92 Å². The number of rotatable bonds is 6. The predicted octanol–water partition coefficient (Wildman–Crippen LogP) is 3.94. The molecule has 1 heterocycles. The summed E-state index contributed by atoms with van der Waals surface area (Å²) in [5.41, 5.74) is 0.984. The second-order valence-corrected chi connectivity index (χ2v) is 7.06. The fourth-order valence-corrected chi connectivity index (χ4v) is 3.17. The van der Waals surface area contributed by atoms with Gasteiger partial charge in [-0.2, -0.15) is 0 Å². The molecule has 1 amide bonds. The van der Waals surface area contributed by atoms with Crippen LogP contribution in [0.2, 0.25) is 0 Å². The van der Waals surface area contributed by atoms with Crippen LogP contribution < -0.4 is 5.32 Å². The summed E-state index contributed by atoms with van der Waals surface area (Å²) in [5.74, 6) is 1.40. The third kappa shape index (κ3) is 5.69. The van der Waals surface area contributed by atoms with Crippen molar-refractivity contribution in [3.63, 3.8) is 0 Å². The van der Waals surface area contributed by atoms with Crippen LogP contribution in [0.15, 0.2) is 40.7 Å². The quantitative estimate of drug-likeness (QED) is 0.498. The number of aromatic nitrogens is 2. The first-order valence-corrected chi connectivity index (χ1v) is 8.44. The van der Waals surface area contributed by atoms with Crippen molar-refractivity contribution < 1.29 is 4.79 Å². The number of hydrogen-bond acceptors (Lipinski definition) is 5. The molecule has 0 aliphatic carbocycles. The third-order valence-corrected chi connectivity index (χ3v) is 4.80. The highest BCUT2D eigenvalue weighted by Gasteiger charge is 2.07. The fraction of sp³-hybridized carbons (Fsp3) is 0.267. The Morgan fingerprint density at radius 1 is 1.33 bits per heavy atom. The highest BCUT2D eigenvalue weighted by Crippen LogP contribution is 2.26. The number of nitrogens with zero attached hydrogens (tertiary/aromatic N) is 2. The lowest BCUT2D eigenvalue weighted by molar-refractivity contribution is -0.111. The van der Waals surface area contributed by atoms with Crippen LogP contribution in [-0.2, 0) is 4.79 Å². The molecule has 0 aliphatic heterocycles. The number of anilines is 1. The van der Waals surface area contributed by atoms with Crippen molar-refractivity contribution in [3.05, 3.63) is 42.0 Å². The topological polar surface area (TPSA) is 54.9 Å². The molecule has 0 saturated carbocycles. The van der Waals surface area contributed by atoms with E-state index in [-0.39, 0.29) is 5.91 Å². The van der Waals surface area contributed by atoms with Crippen LogP contribution in [0.25, 0.3) is 6.08 Å². The summed E-state index contributed by atoms with van der Waals surface area (Å²) in [6.45, 7) is 4.32. The molecule has 0 spiro atoms. The van der Waals surface area contributed by atoms with Gasteiger partial charge in [0.05, 0.1) is 0 Å². The average Bonchev–Trinajstić information content (AvgIpc) is 2.91. The van der Waals surface area contributed by atoms with Crippen molar-refractivity contribution in [1.29, 1.82) is 0 Å². The Morgan fingerprint density at radius 2 is 2.10 bits per heavy atom. The number of carbonyl (C=O) groups is 1. The first kappa shape index (κ1) is 15.7. The van der Waals surface area contributed by atoms with Gasteiger partial charge in [-0.3, -0.25) is 10.1 Å². The van der Waals surface area contributed by atoms with Crippen LogP contribution in [0.3, 0.4) is 0 Å². The molecule has 0 bridgehead atoms. The third-order valence-electron chi connectivity index (χ3n) is 2.40. The lowest BCUT2D eigenvalue weighted by Crippen LogP contribution is -2.07. The number of amides is 1. The standard InChI is InChI=1S/C15H17N3OS2/c1-11(2)10-20-15-18-17-14(21-15)16-13(19)9-8-12-6-4-3-5-7-12/h3-9,11H,10H2,1-2H3,(H,16,17,19)/b9-8+. The number of thioether (sulfide) groups is 1. The van der Waals surface area contributed by atoms with Gasteiger partial charge in [-0.05, 0) is 17.6 Å². The van der Waals surface area contributed by atoms with E-state index in [1.165, 1.54) is 17.4 Å². The summed E-state index contributed by atoms with van der Waals surface area (Å²) < 4.78 is 0.881. The maximum Gasteiger partial charge on any atom is 0.250 e. The van der Waals surface area contributed by atoms with Crippen molar-refractivity contribution in [2.24, 2.45) is 5.92 Å². The first-order valence-electron chi connectivity index (χ1n) is 6.64. The van der Waals surface area contributed by atoms with Crippen molar-refractivity contribution in [2.45, 2.75) is 18.2 Å². The number of carbonyl (C=O) groups excluding carboxylic acids is 1. The Hall–Kier alpha value is -1.66. The molecule has 0 aliphatic rings. The average molecular weight is 319 g/mol. The Balaban J connectivity index is 1.87. The highest BCUT2D eigenvalue weighted by molar-refractivity contribution is 8.01. The van der Waals surface area contributed by atoms with Crippen LogP contribution >= 0.6 is 23.1 Å². The number of benzene rings is 1. The zero-order valence-corrected chi connectivity index (χ0v) is 13.6. The molecular weight excluding hydrogens is 302 g/mol. The minimum atomic E-state index is -0.199. The summed E-state index contributed by atoms with van der Waals surface area (Å²) in [5, 5.41) is 11.3. The molecule has 6 heteroatoms. The molecule has 0 saturated heterocycles. The second-order valence-electron chi connectivity index (χ2n) is 4.81. The van der Waals surface area contributed by atoms with E-state index in [1.807, 2.05) is 30.3 Å². The lowest BCUT2D eigenvalue weighted by atomic mass is 10.2. The van der Waals surface area contributed by atoms with Crippen molar-refractivity contribution >= 4 is 40.2 Å². The van der Waals surface area contributed by atoms with Crippen molar-refractivity contribution in [2.75, 3.05) is 11.1 Å². The van der Waals surface area contributed by atoms with Gasteiger partial charge in [0.25, 0.3) is 0 Å². The Kier molecular flexibility index (Phi) is 5.95. The molecule has 0 radical (unpaired) electrons. The highest BCUT2D eigenvalue weighted by atomic mass is 32.2. The SMILES string of the molecule is CC(C)CSc1nnc(NC(=O)/C=C/c2ccccc2)s1. The molecule has 2 rings (SSSR count). The number of nitrogens with one attached hydrogen (secondary N) is 1. The van der Waals surface area contributed by atoms with Crippen LogP contribution in [0.4, 0.5) is 5.13 Å². The van der Waals surface area contributed by atoms with Gasteiger partial charge in [0.15, 0.2) is 4.34 Å². The maximum absolute atomic E-state index is 11.8. The van der Waals surface area contributed by atoms with Gasteiger partial charge in [0, 0.05) is 11.8 Å². The van der Waals surface area contributed by atoms with Gasteiger partial charge in [0.1, 0.15) is 0 Å². The summed E-state index contributed by atoms with van der Waals surface area (Å²) in [6.07, 6.45) is 3.27. The van der Waals surface area contributed by atoms with E-state index < -0.39 is 0 Å². The molecule has 110 valence electrons. The van der Waals surface area contributed by atoms with E-state index >= 15 is 0 Å². The van der Waals surface area contributed by atoms with Crippen LogP contribution in [0.1, 0.15) is 19.4 Å². The molecule has 4 nitrogen and oxygen atoms in total. The van der Waals surface area contributed by atoms with Gasteiger partial charge in [-0.25, -0.2) is 0 Å². The summed E-state index contributed by atoms with van der Waals surface area (Å²) in [6, 6.07) is 9.68.